The molecule has 102 valence electrons. The van der Waals surface area contributed by atoms with Gasteiger partial charge >= 0.3 is 0 Å². The van der Waals surface area contributed by atoms with Crippen LogP contribution >= 0.6 is 10.7 Å². The van der Waals surface area contributed by atoms with Crippen LogP contribution in [0.2, 0.25) is 0 Å². The van der Waals surface area contributed by atoms with Gasteiger partial charge in [-0.05, 0) is 37.1 Å². The molecule has 1 unspecified atom stereocenters. The summed E-state index contributed by atoms with van der Waals surface area (Å²) in [5.74, 6) is -0.0551. The molecule has 0 saturated heterocycles. The van der Waals surface area contributed by atoms with Gasteiger partial charge in [0.2, 0.25) is 9.05 Å². The van der Waals surface area contributed by atoms with Crippen LogP contribution < -0.4 is 4.74 Å². The van der Waals surface area contributed by atoms with Gasteiger partial charge in [0.15, 0.2) is 0 Å². The van der Waals surface area contributed by atoms with Gasteiger partial charge in [-0.1, -0.05) is 6.92 Å². The van der Waals surface area contributed by atoms with E-state index in [0.717, 1.165) is 0 Å². The third kappa shape index (κ3) is 5.23. The van der Waals surface area contributed by atoms with E-state index >= 15 is 0 Å². The topological polar surface area (TPSA) is 43.4 Å². The lowest BCUT2D eigenvalue weighted by atomic mass is 10.1. The Morgan fingerprint density at radius 2 is 2.11 bits per heavy atom. The van der Waals surface area contributed by atoms with E-state index in [0.29, 0.717) is 17.7 Å². The average molecular weight is 295 g/mol. The lowest BCUT2D eigenvalue weighted by Gasteiger charge is -2.14. The zero-order chi connectivity index (χ0) is 13.8. The normalized spacial score (nSPS) is 13.3. The van der Waals surface area contributed by atoms with E-state index in [4.69, 9.17) is 15.4 Å². The molecule has 0 amide bonds. The number of hydrogen-bond donors (Lipinski definition) is 0. The molecule has 0 aromatic heterocycles. The summed E-state index contributed by atoms with van der Waals surface area (Å²) in [5, 5.41) is 0. The number of hydrogen-bond acceptors (Lipinski definition) is 3. The van der Waals surface area contributed by atoms with Crippen molar-refractivity contribution in [3.05, 3.63) is 29.6 Å². The first-order valence-electron chi connectivity index (χ1n) is 5.63. The van der Waals surface area contributed by atoms with E-state index in [9.17, 15) is 12.8 Å². The number of ether oxygens (including phenoxy) is 1. The summed E-state index contributed by atoms with van der Waals surface area (Å²) < 4.78 is 40.4. The van der Waals surface area contributed by atoms with Crippen LogP contribution in [0.15, 0.2) is 18.2 Å². The first-order valence-corrected chi connectivity index (χ1v) is 8.11. The molecule has 0 aliphatic carbocycles. The van der Waals surface area contributed by atoms with E-state index in [-0.39, 0.29) is 24.1 Å². The molecule has 0 aliphatic heterocycles. The predicted octanol–water partition coefficient (Wildman–Crippen LogP) is 3.11. The molecular weight excluding hydrogens is 279 g/mol. The van der Waals surface area contributed by atoms with Crippen LogP contribution in [0, 0.1) is 18.7 Å². The number of rotatable bonds is 6. The molecule has 0 radical (unpaired) electrons. The highest BCUT2D eigenvalue weighted by Gasteiger charge is 2.16. The van der Waals surface area contributed by atoms with Gasteiger partial charge in [-0.3, -0.25) is 0 Å². The van der Waals surface area contributed by atoms with Gasteiger partial charge < -0.3 is 4.74 Å². The molecule has 6 heteroatoms. The fourth-order valence-corrected chi connectivity index (χ4v) is 2.92. The van der Waals surface area contributed by atoms with E-state index in [2.05, 4.69) is 0 Å². The van der Waals surface area contributed by atoms with E-state index < -0.39 is 9.05 Å². The van der Waals surface area contributed by atoms with Crippen molar-refractivity contribution in [1.82, 2.24) is 0 Å². The van der Waals surface area contributed by atoms with Crippen molar-refractivity contribution in [3.63, 3.8) is 0 Å². The van der Waals surface area contributed by atoms with Crippen LogP contribution in [0.5, 0.6) is 5.75 Å². The smallest absolute Gasteiger partial charge is 0.232 e. The Labute approximate surface area is 111 Å². The predicted molar refractivity (Wildman–Crippen MR) is 70.1 cm³/mol. The maximum Gasteiger partial charge on any atom is 0.232 e. The average Bonchev–Trinajstić information content (AvgIpc) is 2.27. The van der Waals surface area contributed by atoms with Gasteiger partial charge in [-0.2, -0.15) is 0 Å². The van der Waals surface area contributed by atoms with Gasteiger partial charge in [0, 0.05) is 16.6 Å². The highest BCUT2D eigenvalue weighted by molar-refractivity contribution is 8.13. The molecule has 0 heterocycles. The van der Waals surface area contributed by atoms with E-state index in [1.165, 1.54) is 12.1 Å². The van der Waals surface area contributed by atoms with Gasteiger partial charge in [-0.15, -0.1) is 0 Å². The minimum Gasteiger partial charge on any atom is -0.493 e. The minimum atomic E-state index is -3.52. The van der Waals surface area contributed by atoms with Crippen molar-refractivity contribution in [2.45, 2.75) is 20.3 Å². The Bertz CT molecular complexity index is 502. The second-order valence-corrected chi connectivity index (χ2v) is 7.02. The SMILES string of the molecule is CCC(COc1ccc(F)c(C)c1)CS(=O)(=O)Cl. The molecule has 0 N–H and O–H groups in total. The van der Waals surface area contributed by atoms with E-state index in [1.807, 2.05) is 6.92 Å². The van der Waals surface area contributed by atoms with Crippen LogP contribution in [0.3, 0.4) is 0 Å². The Kier molecular flexibility index (Phi) is 5.41. The van der Waals surface area contributed by atoms with Crippen molar-refractivity contribution in [2.75, 3.05) is 12.4 Å². The van der Waals surface area contributed by atoms with Crippen molar-refractivity contribution in [2.24, 2.45) is 5.92 Å². The Balaban J connectivity index is 2.60. The largest absolute Gasteiger partial charge is 0.493 e. The van der Waals surface area contributed by atoms with Crippen molar-refractivity contribution >= 4 is 19.7 Å². The third-order valence-electron chi connectivity index (χ3n) is 2.63. The molecule has 0 fully saturated rings. The van der Waals surface area contributed by atoms with Crippen LogP contribution in [0.4, 0.5) is 4.39 Å². The van der Waals surface area contributed by atoms with Gasteiger partial charge in [0.25, 0.3) is 0 Å². The molecular formula is C12H16ClFO3S. The standard InChI is InChI=1S/C12H16ClFO3S/c1-3-10(8-18(13,15)16)7-17-11-4-5-12(14)9(2)6-11/h4-6,10H,3,7-8H2,1-2H3. The summed E-state index contributed by atoms with van der Waals surface area (Å²) in [5.41, 5.74) is 0.491. The summed E-state index contributed by atoms with van der Waals surface area (Å²) in [6, 6.07) is 4.42. The maximum absolute atomic E-state index is 13.0. The number of benzene rings is 1. The molecule has 3 nitrogen and oxygen atoms in total. The van der Waals surface area contributed by atoms with E-state index in [1.54, 1.807) is 13.0 Å². The lowest BCUT2D eigenvalue weighted by molar-refractivity contribution is 0.257. The molecule has 0 saturated carbocycles. The summed E-state index contributed by atoms with van der Waals surface area (Å²) >= 11 is 0. The molecule has 0 aliphatic rings. The highest BCUT2D eigenvalue weighted by Crippen LogP contribution is 2.18. The van der Waals surface area contributed by atoms with Gasteiger partial charge in [0.1, 0.15) is 11.6 Å². The number of halogens is 2. The molecule has 1 rings (SSSR count). The summed E-state index contributed by atoms with van der Waals surface area (Å²) in [6.45, 7) is 3.75. The van der Waals surface area contributed by atoms with Crippen molar-refractivity contribution < 1.29 is 17.5 Å². The highest BCUT2D eigenvalue weighted by atomic mass is 35.7. The van der Waals surface area contributed by atoms with Crippen LogP contribution in [0.25, 0.3) is 0 Å². The molecule has 0 spiro atoms. The fraction of sp³-hybridized carbons (Fsp3) is 0.500. The van der Waals surface area contributed by atoms with Gasteiger partial charge in [0.05, 0.1) is 12.4 Å². The zero-order valence-corrected chi connectivity index (χ0v) is 11.9. The lowest BCUT2D eigenvalue weighted by Crippen LogP contribution is -2.19. The van der Waals surface area contributed by atoms with Crippen LogP contribution in [0.1, 0.15) is 18.9 Å². The molecule has 0 bridgehead atoms. The Hall–Kier alpha value is -0.810. The van der Waals surface area contributed by atoms with Gasteiger partial charge in [-0.25, -0.2) is 12.8 Å². The fourth-order valence-electron chi connectivity index (χ4n) is 1.49. The molecule has 1 aromatic carbocycles. The van der Waals surface area contributed by atoms with Crippen LogP contribution in [-0.2, 0) is 9.05 Å². The number of aryl methyl sites for hydroxylation is 1. The second-order valence-electron chi connectivity index (χ2n) is 4.20. The third-order valence-corrected chi connectivity index (χ3v) is 3.87. The Morgan fingerprint density at radius 3 is 2.61 bits per heavy atom. The summed E-state index contributed by atoms with van der Waals surface area (Å²) in [4.78, 5) is 0. The molecule has 1 aromatic rings. The molecule has 18 heavy (non-hydrogen) atoms. The molecule has 1 atom stereocenters. The van der Waals surface area contributed by atoms with Crippen molar-refractivity contribution in [1.29, 1.82) is 0 Å². The minimum absolute atomic E-state index is 0.120. The van der Waals surface area contributed by atoms with Crippen LogP contribution in [-0.4, -0.2) is 20.8 Å². The quantitative estimate of drug-likeness (QED) is 0.757. The summed E-state index contributed by atoms with van der Waals surface area (Å²) in [7, 11) is 1.68. The first kappa shape index (κ1) is 15.2. The Morgan fingerprint density at radius 1 is 1.44 bits per heavy atom. The summed E-state index contributed by atoms with van der Waals surface area (Å²) in [6.07, 6.45) is 0.645. The zero-order valence-electron chi connectivity index (χ0n) is 10.3. The maximum atomic E-state index is 13.0. The monoisotopic (exact) mass is 294 g/mol. The second kappa shape index (κ2) is 6.38. The first-order chi connectivity index (χ1) is 8.31. The van der Waals surface area contributed by atoms with Crippen molar-refractivity contribution in [3.8, 4) is 5.75 Å².